The number of alkyl halides is 4. The molecule has 0 aromatic carbocycles. The van der Waals surface area contributed by atoms with E-state index in [4.69, 9.17) is 0 Å². The molecule has 0 N–H and O–H groups in total. The normalized spacial score (nSPS) is 31.5. The highest BCUT2D eigenvalue weighted by molar-refractivity contribution is 5.16. The van der Waals surface area contributed by atoms with Gasteiger partial charge in [-0.15, -0.1) is 0 Å². The fourth-order valence-corrected chi connectivity index (χ4v) is 18.3. The van der Waals surface area contributed by atoms with Crippen molar-refractivity contribution in [2.24, 2.45) is 35.5 Å². The molecule has 2 saturated carbocycles. The molecule has 11 aliphatic heterocycles. The Balaban J connectivity index is 0.000000297. The lowest BCUT2D eigenvalue weighted by molar-refractivity contribution is -0.141. The van der Waals surface area contributed by atoms with Gasteiger partial charge in [0.25, 0.3) is 5.92 Å². The molecule has 9 atom stereocenters. The van der Waals surface area contributed by atoms with Crippen LogP contribution in [0.4, 0.5) is 17.6 Å². The first-order valence-corrected chi connectivity index (χ1v) is 44.1. The van der Waals surface area contributed by atoms with E-state index in [1.165, 1.54) is 155 Å². The van der Waals surface area contributed by atoms with Gasteiger partial charge >= 0.3 is 0 Å². The number of piperidine rings is 4. The summed E-state index contributed by atoms with van der Waals surface area (Å²) in [6, 6.07) is 10.8. The standard InChI is InChI=1S/C9H16FN.C9H18FN.2C9H19N.C8H15N.4C8H17N.C7H15N.C6H11F2N/c1-6(2)11-4-7-8(5-11)9(7,3)10;1-8(2)11-6-4-9(3,10)5-7-11;1-8(2)10-7-5-6-9(10,3)4;1-8(2)10-7-5-4-6-9(10)3;1-6(2)9-4-7-3-8(7)5-9;1-7(2)9-5-4-8(3)6-9;3*1-7(2)9-6-4-5-8(9)3;1-6(2)8-4-7(3)5-8;1-5(2)9-3-6(7,8)4-9/h6-8H,4-5H2,1-3H3;8H,4-7H2,1-3H3;8H,5-7H2,1-4H3;8-9H,4-7H2,1-3H3;6-8H,3-5H2,1-2H3;4*7-8H,4-6H2,1-3H3;6-7H,4-5H2,1-3H3;5H,3-4H2,1-2H3/t;;;9-;;;3*8-;;/m...0..100../s1. The van der Waals surface area contributed by atoms with Crippen molar-refractivity contribution in [1.82, 2.24) is 53.9 Å². The molecule has 11 saturated heterocycles. The lowest BCUT2D eigenvalue weighted by Crippen LogP contribution is -2.58. The van der Waals surface area contributed by atoms with Crippen molar-refractivity contribution < 1.29 is 17.6 Å². The van der Waals surface area contributed by atoms with Crippen LogP contribution in [0.25, 0.3) is 0 Å². The molecule has 11 nitrogen and oxygen atoms in total. The predicted octanol–water partition coefficient (Wildman–Crippen LogP) is 19.9. The van der Waals surface area contributed by atoms with Crippen LogP contribution in [0.2, 0.25) is 0 Å². The molecule has 620 valence electrons. The van der Waals surface area contributed by atoms with E-state index in [1.807, 2.05) is 13.8 Å². The zero-order valence-corrected chi connectivity index (χ0v) is 75.2. The highest BCUT2D eigenvalue weighted by Gasteiger charge is 2.66. The van der Waals surface area contributed by atoms with Crippen LogP contribution in [0.5, 0.6) is 0 Å². The Morgan fingerprint density at radius 1 is 0.288 bits per heavy atom. The number of rotatable bonds is 11. The average Bonchev–Trinajstić information content (AvgIpc) is 1.55. The lowest BCUT2D eigenvalue weighted by atomic mass is 9.95. The second-order valence-electron chi connectivity index (χ2n) is 39.6. The zero-order chi connectivity index (χ0) is 79.1. The minimum atomic E-state index is -2.40. The third kappa shape index (κ3) is 34.3. The molecule has 0 bridgehead atoms. The summed E-state index contributed by atoms with van der Waals surface area (Å²) < 4.78 is 50.8. The topological polar surface area (TPSA) is 35.6 Å². The number of likely N-dealkylation sites (tertiary alicyclic amines) is 11. The Morgan fingerprint density at radius 2 is 0.625 bits per heavy atom. The molecule has 0 radical (unpaired) electrons. The van der Waals surface area contributed by atoms with Crippen molar-refractivity contribution in [2.45, 2.75) is 431 Å². The fraction of sp³-hybridized carbons (Fsp3) is 1.00. The number of hydrogen-bond donors (Lipinski definition) is 0. The van der Waals surface area contributed by atoms with Crippen LogP contribution in [-0.4, -0.2) is 279 Å². The number of nitrogens with zero attached hydrogens (tertiary/aromatic N) is 11. The van der Waals surface area contributed by atoms with Gasteiger partial charge in [-0.1, -0.05) is 20.3 Å². The molecule has 0 aromatic heterocycles. The Labute approximate surface area is 646 Å². The predicted molar refractivity (Wildman–Crippen MR) is 447 cm³/mol. The molecule has 2 aliphatic carbocycles. The Kier molecular flexibility index (Phi) is 43.0. The van der Waals surface area contributed by atoms with Crippen LogP contribution in [-0.2, 0) is 0 Å². The second kappa shape index (κ2) is 45.8. The van der Waals surface area contributed by atoms with Gasteiger partial charge in [0.05, 0.1) is 13.1 Å². The number of hydrogen-bond acceptors (Lipinski definition) is 11. The monoisotopic (exact) mass is 1480 g/mol. The van der Waals surface area contributed by atoms with Gasteiger partial charge in [-0.3, -0.25) is 29.4 Å². The van der Waals surface area contributed by atoms with E-state index in [0.29, 0.717) is 42.3 Å². The first-order valence-electron chi connectivity index (χ1n) is 44.1. The molecule has 0 spiro atoms. The molecular formula is C89H181F4N11. The maximum Gasteiger partial charge on any atom is 0.272 e. The smallest absolute Gasteiger partial charge is 0.272 e. The minimum Gasteiger partial charge on any atom is -0.301 e. The van der Waals surface area contributed by atoms with Gasteiger partial charge in [0.15, 0.2) is 0 Å². The summed E-state index contributed by atoms with van der Waals surface area (Å²) in [7, 11) is 0. The molecule has 13 rings (SSSR count). The second-order valence-corrected chi connectivity index (χ2v) is 39.6. The van der Waals surface area contributed by atoms with Crippen LogP contribution in [0.15, 0.2) is 0 Å². The molecule has 0 aromatic rings. The number of halogens is 4. The van der Waals surface area contributed by atoms with E-state index < -0.39 is 17.3 Å². The summed E-state index contributed by atoms with van der Waals surface area (Å²) in [6.07, 6.45) is 19.7. The third-order valence-electron chi connectivity index (χ3n) is 26.2. The van der Waals surface area contributed by atoms with Crippen LogP contribution < -0.4 is 0 Å². The first kappa shape index (κ1) is 97.5. The van der Waals surface area contributed by atoms with Gasteiger partial charge < -0.3 is 24.5 Å². The van der Waals surface area contributed by atoms with E-state index in [0.717, 1.165) is 122 Å². The quantitative estimate of drug-likeness (QED) is 0.186. The largest absolute Gasteiger partial charge is 0.301 e. The molecule has 11 heterocycles. The van der Waals surface area contributed by atoms with Crippen LogP contribution >= 0.6 is 0 Å². The summed E-state index contributed by atoms with van der Waals surface area (Å²) in [4.78, 5) is 27.0. The van der Waals surface area contributed by atoms with Crippen molar-refractivity contribution >= 4 is 0 Å². The lowest BCUT2D eigenvalue weighted by Gasteiger charge is -2.41. The molecule has 15 heteroatoms. The van der Waals surface area contributed by atoms with E-state index in [2.05, 4.69) is 243 Å². The maximum atomic E-state index is 13.3. The molecule has 0 amide bonds. The fourth-order valence-electron chi connectivity index (χ4n) is 18.3. The van der Waals surface area contributed by atoms with Crippen molar-refractivity contribution in [1.29, 1.82) is 0 Å². The van der Waals surface area contributed by atoms with Crippen molar-refractivity contribution in [2.75, 3.05) is 111 Å². The Hall–Kier alpha value is -0.720. The number of fused-ring (bicyclic) bond motifs is 2. The van der Waals surface area contributed by atoms with Gasteiger partial charge in [-0.2, -0.15) is 0 Å². The van der Waals surface area contributed by atoms with Gasteiger partial charge in [0.1, 0.15) is 11.3 Å². The molecule has 104 heavy (non-hydrogen) atoms. The van der Waals surface area contributed by atoms with Gasteiger partial charge in [-0.05, 0) is 361 Å². The van der Waals surface area contributed by atoms with Gasteiger partial charge in [0.2, 0.25) is 0 Å². The van der Waals surface area contributed by atoms with Gasteiger partial charge in [-0.25, -0.2) is 17.6 Å². The highest BCUT2D eigenvalue weighted by Crippen LogP contribution is 2.58. The molecular weight excluding hydrogens is 1300 g/mol. The molecule has 13 fully saturated rings. The highest BCUT2D eigenvalue weighted by atomic mass is 19.3. The van der Waals surface area contributed by atoms with E-state index >= 15 is 0 Å². The average molecular weight is 1480 g/mol. The summed E-state index contributed by atoms with van der Waals surface area (Å²) in [5.41, 5.74) is -1.25. The Bertz CT molecular complexity index is 2120. The van der Waals surface area contributed by atoms with Crippen LogP contribution in [0.1, 0.15) is 318 Å². The third-order valence-corrected chi connectivity index (χ3v) is 26.2. The molecule has 5 unspecified atom stereocenters. The van der Waals surface area contributed by atoms with Gasteiger partial charge in [0, 0.05) is 167 Å². The van der Waals surface area contributed by atoms with Crippen molar-refractivity contribution in [3.05, 3.63) is 0 Å². The summed E-state index contributed by atoms with van der Waals surface area (Å²) in [6.45, 7) is 89.5. The summed E-state index contributed by atoms with van der Waals surface area (Å²) >= 11 is 0. The SMILES string of the molecule is CC(C)N1CC(F)(F)C1.CC(C)N1CC2C(C1)C2(C)F.CC(C)N1CC2CC2C1.CC(C)N1CCC(C)(F)CC1.CC(C)N1CCCC1(C)C.CC(C)N1CCCC[C@@H]1C.CC(C)N1CCC[C@@H]1C.CC(C)N1CCC[C@@H]1C.CC(C)N1CCC[C@H]1C.CC1CCN(C(C)C)C1.CC1CN(C(C)C)C1. The van der Waals surface area contributed by atoms with E-state index in [9.17, 15) is 17.6 Å². The molecule has 13 aliphatic rings. The van der Waals surface area contributed by atoms with Crippen LogP contribution in [0.3, 0.4) is 0 Å². The summed E-state index contributed by atoms with van der Waals surface area (Å²) in [5.74, 6) is 2.41. The maximum absolute atomic E-state index is 13.3. The van der Waals surface area contributed by atoms with E-state index in [1.54, 1.807) is 18.7 Å². The van der Waals surface area contributed by atoms with Crippen molar-refractivity contribution in [3.8, 4) is 0 Å². The van der Waals surface area contributed by atoms with E-state index in [-0.39, 0.29) is 19.1 Å². The first-order chi connectivity index (χ1) is 48.1. The van der Waals surface area contributed by atoms with Crippen molar-refractivity contribution in [3.63, 3.8) is 0 Å². The van der Waals surface area contributed by atoms with Crippen LogP contribution in [0, 0.1) is 35.5 Å². The zero-order valence-electron chi connectivity index (χ0n) is 75.2. The summed E-state index contributed by atoms with van der Waals surface area (Å²) in [5, 5.41) is 0. The Morgan fingerprint density at radius 3 is 0.837 bits per heavy atom. The minimum absolute atomic E-state index is 0.0509.